The van der Waals surface area contributed by atoms with Gasteiger partial charge in [-0.3, -0.25) is 0 Å². The van der Waals surface area contributed by atoms with Crippen molar-refractivity contribution < 1.29 is 0 Å². The minimum absolute atomic E-state index is 0.384. The van der Waals surface area contributed by atoms with Crippen LogP contribution in [0.1, 0.15) is 36.9 Å². The molecular formula is C17H22N2S. The summed E-state index contributed by atoms with van der Waals surface area (Å²) in [4.78, 5) is 2.59. The zero-order valence-electron chi connectivity index (χ0n) is 12.2. The highest BCUT2D eigenvalue weighted by atomic mass is 32.1. The number of hydrogen-bond acceptors (Lipinski definition) is 3. The third kappa shape index (κ3) is 2.89. The van der Waals surface area contributed by atoms with Crippen LogP contribution in [0.2, 0.25) is 0 Å². The van der Waals surface area contributed by atoms with Crippen LogP contribution >= 0.6 is 11.3 Å². The highest BCUT2D eigenvalue weighted by molar-refractivity contribution is 7.07. The molecule has 2 nitrogen and oxygen atoms in total. The van der Waals surface area contributed by atoms with Crippen molar-refractivity contribution in [3.63, 3.8) is 0 Å². The van der Waals surface area contributed by atoms with Crippen LogP contribution in [0.5, 0.6) is 0 Å². The summed E-state index contributed by atoms with van der Waals surface area (Å²) < 4.78 is 0. The molecular weight excluding hydrogens is 264 g/mol. The van der Waals surface area contributed by atoms with E-state index in [-0.39, 0.29) is 0 Å². The molecule has 1 unspecified atom stereocenters. The molecule has 1 fully saturated rings. The van der Waals surface area contributed by atoms with E-state index in [1.807, 2.05) is 7.05 Å². The summed E-state index contributed by atoms with van der Waals surface area (Å²) in [5, 5.41) is 7.80. The average molecular weight is 286 g/mol. The number of anilines is 1. The van der Waals surface area contributed by atoms with E-state index in [1.165, 1.54) is 29.7 Å². The normalized spacial score (nSPS) is 16.1. The summed E-state index contributed by atoms with van der Waals surface area (Å²) in [6.45, 7) is 3.26. The van der Waals surface area contributed by atoms with Gasteiger partial charge in [-0.1, -0.05) is 18.2 Å². The number of para-hydroxylation sites is 1. The molecule has 0 spiro atoms. The van der Waals surface area contributed by atoms with Crippen molar-refractivity contribution in [2.24, 2.45) is 0 Å². The van der Waals surface area contributed by atoms with Gasteiger partial charge in [-0.2, -0.15) is 11.3 Å². The lowest BCUT2D eigenvalue weighted by molar-refractivity contribution is 0.645. The van der Waals surface area contributed by atoms with Gasteiger partial charge in [0.1, 0.15) is 0 Å². The molecule has 0 saturated heterocycles. The Morgan fingerprint density at radius 2 is 2.10 bits per heavy atom. The molecule has 0 amide bonds. The van der Waals surface area contributed by atoms with E-state index >= 15 is 0 Å². The van der Waals surface area contributed by atoms with Crippen LogP contribution in [-0.4, -0.2) is 13.1 Å². The Balaban J connectivity index is 1.91. The van der Waals surface area contributed by atoms with E-state index in [9.17, 15) is 0 Å². The predicted octanol–water partition coefficient (Wildman–Crippen LogP) is 4.20. The van der Waals surface area contributed by atoms with Crippen LogP contribution < -0.4 is 10.2 Å². The topological polar surface area (TPSA) is 15.3 Å². The van der Waals surface area contributed by atoms with Gasteiger partial charge in [0, 0.05) is 24.3 Å². The monoisotopic (exact) mass is 286 g/mol. The second-order valence-corrected chi connectivity index (χ2v) is 6.34. The summed E-state index contributed by atoms with van der Waals surface area (Å²) in [7, 11) is 2.03. The first kappa shape index (κ1) is 13.7. The van der Waals surface area contributed by atoms with Crippen molar-refractivity contribution >= 4 is 17.0 Å². The Labute approximate surface area is 125 Å². The largest absolute Gasteiger partial charge is 0.364 e. The summed E-state index contributed by atoms with van der Waals surface area (Å²) in [6.07, 6.45) is 2.65. The van der Waals surface area contributed by atoms with Crippen molar-refractivity contribution in [2.45, 2.75) is 38.4 Å². The SMILES string of the molecule is CNC(C)c1ccccc1N(Cc1ccsc1)C1CC1. The van der Waals surface area contributed by atoms with Crippen LogP contribution in [0.15, 0.2) is 41.1 Å². The molecule has 1 aromatic heterocycles. The lowest BCUT2D eigenvalue weighted by Crippen LogP contribution is -2.27. The van der Waals surface area contributed by atoms with E-state index in [2.05, 4.69) is 58.2 Å². The third-order valence-electron chi connectivity index (χ3n) is 4.07. The van der Waals surface area contributed by atoms with Gasteiger partial charge in [0.25, 0.3) is 0 Å². The van der Waals surface area contributed by atoms with Gasteiger partial charge in [0.15, 0.2) is 0 Å². The van der Waals surface area contributed by atoms with E-state index < -0.39 is 0 Å². The van der Waals surface area contributed by atoms with Gasteiger partial charge in [-0.25, -0.2) is 0 Å². The minimum Gasteiger partial charge on any atom is -0.364 e. The first-order chi connectivity index (χ1) is 9.79. The second-order valence-electron chi connectivity index (χ2n) is 5.56. The first-order valence-corrected chi connectivity index (χ1v) is 8.28. The van der Waals surface area contributed by atoms with E-state index in [0.717, 1.165) is 12.6 Å². The van der Waals surface area contributed by atoms with Gasteiger partial charge < -0.3 is 10.2 Å². The van der Waals surface area contributed by atoms with Gasteiger partial charge in [-0.05, 0) is 60.8 Å². The van der Waals surface area contributed by atoms with Gasteiger partial charge in [-0.15, -0.1) is 0 Å². The van der Waals surface area contributed by atoms with Crippen molar-refractivity contribution in [2.75, 3.05) is 11.9 Å². The quantitative estimate of drug-likeness (QED) is 0.856. The second kappa shape index (κ2) is 5.98. The molecule has 1 aliphatic rings. The van der Waals surface area contributed by atoms with Crippen LogP contribution in [0.3, 0.4) is 0 Å². The molecule has 106 valence electrons. The Morgan fingerprint density at radius 1 is 1.30 bits per heavy atom. The Bertz CT molecular complexity index is 546. The third-order valence-corrected chi connectivity index (χ3v) is 4.80. The maximum absolute atomic E-state index is 3.37. The molecule has 2 aromatic rings. The fraction of sp³-hybridized carbons (Fsp3) is 0.412. The first-order valence-electron chi connectivity index (χ1n) is 7.33. The summed E-state index contributed by atoms with van der Waals surface area (Å²) >= 11 is 1.78. The molecule has 0 radical (unpaired) electrons. The molecule has 0 bridgehead atoms. The lowest BCUT2D eigenvalue weighted by atomic mass is 10.0. The molecule has 1 atom stereocenters. The van der Waals surface area contributed by atoms with Crippen LogP contribution in [0.25, 0.3) is 0 Å². The van der Waals surface area contributed by atoms with E-state index in [0.29, 0.717) is 6.04 Å². The fourth-order valence-corrected chi connectivity index (χ4v) is 3.31. The Kier molecular flexibility index (Phi) is 4.08. The summed E-state index contributed by atoms with van der Waals surface area (Å²) in [5.74, 6) is 0. The summed E-state index contributed by atoms with van der Waals surface area (Å²) in [6, 6.07) is 12.2. The number of thiophene rings is 1. The summed E-state index contributed by atoms with van der Waals surface area (Å²) in [5.41, 5.74) is 4.22. The smallest absolute Gasteiger partial charge is 0.0440 e. The molecule has 1 aromatic carbocycles. The molecule has 1 heterocycles. The van der Waals surface area contributed by atoms with Crippen LogP contribution in [0.4, 0.5) is 5.69 Å². The minimum atomic E-state index is 0.384. The number of nitrogens with zero attached hydrogens (tertiary/aromatic N) is 1. The van der Waals surface area contributed by atoms with Crippen molar-refractivity contribution in [1.82, 2.24) is 5.32 Å². The van der Waals surface area contributed by atoms with Crippen LogP contribution in [-0.2, 0) is 6.54 Å². The highest BCUT2D eigenvalue weighted by Crippen LogP contribution is 2.36. The van der Waals surface area contributed by atoms with Gasteiger partial charge >= 0.3 is 0 Å². The fourth-order valence-electron chi connectivity index (χ4n) is 2.65. The van der Waals surface area contributed by atoms with Crippen molar-refractivity contribution in [3.05, 3.63) is 52.2 Å². The van der Waals surface area contributed by atoms with Gasteiger partial charge in [0.2, 0.25) is 0 Å². The van der Waals surface area contributed by atoms with Crippen LogP contribution in [0, 0.1) is 0 Å². The predicted molar refractivity (Wildman–Crippen MR) is 87.4 cm³/mol. The molecule has 0 aliphatic heterocycles. The Hall–Kier alpha value is -1.32. The molecule has 1 aliphatic carbocycles. The highest BCUT2D eigenvalue weighted by Gasteiger charge is 2.30. The van der Waals surface area contributed by atoms with E-state index in [1.54, 1.807) is 11.3 Å². The number of rotatable bonds is 6. The Morgan fingerprint density at radius 3 is 2.75 bits per heavy atom. The molecule has 3 rings (SSSR count). The molecule has 1 N–H and O–H groups in total. The van der Waals surface area contributed by atoms with E-state index in [4.69, 9.17) is 0 Å². The molecule has 20 heavy (non-hydrogen) atoms. The van der Waals surface area contributed by atoms with Gasteiger partial charge in [0.05, 0.1) is 0 Å². The average Bonchev–Trinajstić information content (AvgIpc) is 3.20. The van der Waals surface area contributed by atoms with Crippen molar-refractivity contribution in [1.29, 1.82) is 0 Å². The zero-order valence-corrected chi connectivity index (χ0v) is 13.0. The number of hydrogen-bond donors (Lipinski definition) is 1. The number of nitrogens with one attached hydrogen (secondary N) is 1. The maximum Gasteiger partial charge on any atom is 0.0440 e. The number of benzene rings is 1. The zero-order chi connectivity index (χ0) is 13.9. The standard InChI is InChI=1S/C17H22N2S/c1-13(18-2)16-5-3-4-6-17(16)19(15-7-8-15)11-14-9-10-20-12-14/h3-6,9-10,12-13,15,18H,7-8,11H2,1-2H3. The lowest BCUT2D eigenvalue weighted by Gasteiger charge is -2.28. The molecule has 1 saturated carbocycles. The molecule has 3 heteroatoms. The van der Waals surface area contributed by atoms with Crippen molar-refractivity contribution in [3.8, 4) is 0 Å². The maximum atomic E-state index is 3.37.